The first-order chi connectivity index (χ1) is 15.4. The topological polar surface area (TPSA) is 83.9 Å². The van der Waals surface area contributed by atoms with Crippen molar-refractivity contribution in [3.8, 4) is 22.9 Å². The number of aromatic amines is 1. The second kappa shape index (κ2) is 8.07. The monoisotopic (exact) mass is 455 g/mol. The van der Waals surface area contributed by atoms with Crippen LogP contribution in [-0.2, 0) is 7.05 Å². The van der Waals surface area contributed by atoms with E-state index in [4.69, 9.17) is 16.3 Å². The van der Waals surface area contributed by atoms with E-state index in [2.05, 4.69) is 37.2 Å². The summed E-state index contributed by atoms with van der Waals surface area (Å²) in [6.07, 6.45) is 3.35. The quantitative estimate of drug-likeness (QED) is 0.483. The molecule has 2 N–H and O–H groups in total. The fraction of sp³-hybridized carbons (Fsp3) is 0.318. The van der Waals surface area contributed by atoms with Crippen LogP contribution in [0.4, 0.5) is 10.1 Å². The smallest absolute Gasteiger partial charge is 0.182 e. The maximum absolute atomic E-state index is 15.0. The van der Waals surface area contributed by atoms with E-state index in [-0.39, 0.29) is 11.9 Å². The van der Waals surface area contributed by atoms with Gasteiger partial charge in [0.25, 0.3) is 0 Å². The van der Waals surface area contributed by atoms with Crippen molar-refractivity contribution < 1.29 is 9.13 Å². The predicted molar refractivity (Wildman–Crippen MR) is 122 cm³/mol. The van der Waals surface area contributed by atoms with Gasteiger partial charge in [-0.15, -0.1) is 0 Å². The van der Waals surface area contributed by atoms with Gasteiger partial charge in [-0.25, -0.2) is 14.4 Å². The number of fused-ring (bicyclic) bond motifs is 1. The van der Waals surface area contributed by atoms with E-state index in [0.29, 0.717) is 39.2 Å². The number of aromatic nitrogens is 5. The molecule has 0 bridgehead atoms. The fourth-order valence-electron chi connectivity index (χ4n) is 4.07. The first-order valence-electron chi connectivity index (χ1n) is 10.4. The lowest BCUT2D eigenvalue weighted by molar-refractivity contribution is 0.473. The van der Waals surface area contributed by atoms with Crippen LogP contribution < -0.4 is 15.0 Å². The highest BCUT2D eigenvalue weighted by Crippen LogP contribution is 2.37. The van der Waals surface area contributed by atoms with Gasteiger partial charge in [-0.05, 0) is 26.0 Å². The molecule has 0 radical (unpaired) electrons. The van der Waals surface area contributed by atoms with Crippen molar-refractivity contribution in [2.75, 3.05) is 24.5 Å². The molecule has 0 aliphatic carbocycles. The molecule has 5 rings (SSSR count). The molecular formula is C22H23ClFN7O. The highest BCUT2D eigenvalue weighted by atomic mass is 35.5. The summed E-state index contributed by atoms with van der Waals surface area (Å²) >= 11 is 6.40. The van der Waals surface area contributed by atoms with E-state index in [1.54, 1.807) is 16.8 Å². The molecular weight excluding hydrogens is 433 g/mol. The number of H-pyrrole nitrogens is 1. The molecule has 4 aromatic rings. The Balaban J connectivity index is 1.49. The number of benzene rings is 1. The summed E-state index contributed by atoms with van der Waals surface area (Å²) in [5.74, 6) is 0.963. The average Bonchev–Trinajstić information content (AvgIpc) is 3.33. The molecule has 1 saturated heterocycles. The van der Waals surface area contributed by atoms with Crippen molar-refractivity contribution in [1.82, 2.24) is 30.0 Å². The van der Waals surface area contributed by atoms with E-state index in [1.807, 2.05) is 20.2 Å². The van der Waals surface area contributed by atoms with Crippen LogP contribution in [0.2, 0.25) is 5.02 Å². The first-order valence-corrected chi connectivity index (χ1v) is 10.8. The van der Waals surface area contributed by atoms with Gasteiger partial charge in [0.2, 0.25) is 0 Å². The molecule has 0 spiro atoms. The van der Waals surface area contributed by atoms with Crippen molar-refractivity contribution in [3.63, 3.8) is 0 Å². The van der Waals surface area contributed by atoms with Gasteiger partial charge in [0, 0.05) is 45.0 Å². The second-order valence-corrected chi connectivity index (χ2v) is 8.39. The van der Waals surface area contributed by atoms with Crippen LogP contribution in [0.3, 0.4) is 0 Å². The van der Waals surface area contributed by atoms with Crippen LogP contribution in [0.1, 0.15) is 12.6 Å². The van der Waals surface area contributed by atoms with Gasteiger partial charge in [-0.2, -0.15) is 5.10 Å². The standard InChI is InChI=1S/C22H23ClFN7O/c1-12-9-25-6-7-31(12)18-5-4-14(8-17(18)24)32-20-16(23)10-26-22-19(20)27-21(28-22)15-11-30(3)29-13(15)2/h4-5,8,10-12,25H,6-7,9H2,1-3H3,(H,26,27,28)/t12-/m0/s1. The number of rotatable bonds is 4. The number of anilines is 1. The van der Waals surface area contributed by atoms with Crippen LogP contribution in [0.5, 0.6) is 11.5 Å². The summed E-state index contributed by atoms with van der Waals surface area (Å²) in [5, 5.41) is 7.97. The molecule has 166 valence electrons. The van der Waals surface area contributed by atoms with Gasteiger partial charge in [0.1, 0.15) is 27.9 Å². The number of nitrogens with zero attached hydrogens (tertiary/aromatic N) is 5. The number of ether oxygens (including phenoxy) is 1. The van der Waals surface area contributed by atoms with E-state index in [1.165, 1.54) is 12.3 Å². The van der Waals surface area contributed by atoms with Crippen molar-refractivity contribution in [3.05, 3.63) is 47.1 Å². The molecule has 1 aromatic carbocycles. The molecule has 0 unspecified atom stereocenters. The summed E-state index contributed by atoms with van der Waals surface area (Å²) in [7, 11) is 1.85. The largest absolute Gasteiger partial charge is 0.453 e. The van der Waals surface area contributed by atoms with Gasteiger partial charge in [-0.1, -0.05) is 11.6 Å². The SMILES string of the molecule is Cc1nn(C)cc1-c1nc2ncc(Cl)c(Oc3ccc(N4CCNC[C@@H]4C)c(F)c3)c2[nH]1. The summed E-state index contributed by atoms with van der Waals surface area (Å²) in [6, 6.07) is 5.09. The Labute approximate surface area is 189 Å². The Morgan fingerprint density at radius 1 is 1.31 bits per heavy atom. The van der Waals surface area contributed by atoms with Crippen molar-refractivity contribution >= 4 is 28.5 Å². The Morgan fingerprint density at radius 3 is 2.88 bits per heavy atom. The van der Waals surface area contributed by atoms with E-state index >= 15 is 0 Å². The summed E-state index contributed by atoms with van der Waals surface area (Å²) in [5.41, 5.74) is 3.24. The summed E-state index contributed by atoms with van der Waals surface area (Å²) in [4.78, 5) is 14.1. The minimum Gasteiger partial charge on any atom is -0.453 e. The van der Waals surface area contributed by atoms with E-state index < -0.39 is 0 Å². The predicted octanol–water partition coefficient (Wildman–Crippen LogP) is 4.05. The summed E-state index contributed by atoms with van der Waals surface area (Å²) in [6.45, 7) is 6.37. The third kappa shape index (κ3) is 3.67. The summed E-state index contributed by atoms with van der Waals surface area (Å²) < 4.78 is 22.7. The number of imidazole rings is 1. The van der Waals surface area contributed by atoms with E-state index in [9.17, 15) is 4.39 Å². The van der Waals surface area contributed by atoms with Gasteiger partial charge in [0.15, 0.2) is 11.4 Å². The lowest BCUT2D eigenvalue weighted by Gasteiger charge is -2.36. The Bertz CT molecular complexity index is 1300. The maximum Gasteiger partial charge on any atom is 0.182 e. The normalized spacial score (nSPS) is 16.7. The third-order valence-corrected chi connectivity index (χ3v) is 5.92. The number of piperazine rings is 1. The second-order valence-electron chi connectivity index (χ2n) is 7.98. The number of nitrogens with one attached hydrogen (secondary N) is 2. The molecule has 8 nitrogen and oxygen atoms in total. The molecule has 1 fully saturated rings. The zero-order valence-corrected chi connectivity index (χ0v) is 18.7. The molecule has 0 saturated carbocycles. The van der Waals surface area contributed by atoms with Gasteiger partial charge in [-0.3, -0.25) is 4.68 Å². The lowest BCUT2D eigenvalue weighted by Crippen LogP contribution is -2.50. The number of hydrogen-bond acceptors (Lipinski definition) is 6. The number of aryl methyl sites for hydroxylation is 2. The van der Waals surface area contributed by atoms with Crippen LogP contribution in [0.25, 0.3) is 22.6 Å². The van der Waals surface area contributed by atoms with Crippen molar-refractivity contribution in [2.45, 2.75) is 19.9 Å². The number of hydrogen-bond donors (Lipinski definition) is 2. The Hall–Kier alpha value is -3.17. The Morgan fingerprint density at radius 2 is 2.16 bits per heavy atom. The average molecular weight is 456 g/mol. The Kier molecular flexibility index (Phi) is 5.22. The highest BCUT2D eigenvalue weighted by molar-refractivity contribution is 6.32. The fourth-order valence-corrected chi connectivity index (χ4v) is 4.25. The van der Waals surface area contributed by atoms with Crippen molar-refractivity contribution in [2.24, 2.45) is 7.05 Å². The number of halogens is 2. The van der Waals surface area contributed by atoms with Gasteiger partial charge >= 0.3 is 0 Å². The van der Waals surface area contributed by atoms with E-state index in [0.717, 1.165) is 30.9 Å². The third-order valence-electron chi connectivity index (χ3n) is 5.65. The van der Waals surface area contributed by atoms with Gasteiger partial charge < -0.3 is 19.9 Å². The zero-order chi connectivity index (χ0) is 22.4. The number of pyridine rings is 1. The molecule has 10 heteroatoms. The van der Waals surface area contributed by atoms with Crippen LogP contribution in [-0.4, -0.2) is 50.4 Å². The molecule has 1 aliphatic heterocycles. The molecule has 0 amide bonds. The molecule has 32 heavy (non-hydrogen) atoms. The first kappa shape index (κ1) is 20.7. The lowest BCUT2D eigenvalue weighted by atomic mass is 10.1. The highest BCUT2D eigenvalue weighted by Gasteiger charge is 2.22. The molecule has 1 aliphatic rings. The van der Waals surface area contributed by atoms with Gasteiger partial charge in [0.05, 0.1) is 23.1 Å². The minimum absolute atomic E-state index is 0.207. The minimum atomic E-state index is -0.339. The molecule has 1 atom stereocenters. The zero-order valence-electron chi connectivity index (χ0n) is 18.0. The molecule has 4 heterocycles. The van der Waals surface area contributed by atoms with Crippen LogP contribution >= 0.6 is 11.6 Å². The van der Waals surface area contributed by atoms with Crippen LogP contribution in [0, 0.1) is 12.7 Å². The van der Waals surface area contributed by atoms with Crippen LogP contribution in [0.15, 0.2) is 30.6 Å². The maximum atomic E-state index is 15.0. The van der Waals surface area contributed by atoms with Crippen molar-refractivity contribution in [1.29, 1.82) is 0 Å². The molecule has 3 aromatic heterocycles.